The van der Waals surface area contributed by atoms with Gasteiger partial charge in [-0.3, -0.25) is 14.5 Å². The number of rotatable bonds is 4. The van der Waals surface area contributed by atoms with E-state index in [1.807, 2.05) is 30.3 Å². The molecule has 3 N–H and O–H groups in total. The summed E-state index contributed by atoms with van der Waals surface area (Å²) in [6.07, 6.45) is 0.403. The van der Waals surface area contributed by atoms with Crippen molar-refractivity contribution in [3.8, 4) is 0 Å². The SMILES string of the molecule is NC(=O)CN1C(=O)NC(Cc2ccccc2)C1=O. The van der Waals surface area contributed by atoms with E-state index >= 15 is 0 Å². The van der Waals surface area contributed by atoms with Crippen LogP contribution in [0.25, 0.3) is 0 Å². The number of nitrogens with zero attached hydrogens (tertiary/aromatic N) is 1. The Morgan fingerprint density at radius 1 is 1.28 bits per heavy atom. The molecule has 2 rings (SSSR count). The van der Waals surface area contributed by atoms with Gasteiger partial charge >= 0.3 is 6.03 Å². The smallest absolute Gasteiger partial charge is 0.325 e. The summed E-state index contributed by atoms with van der Waals surface area (Å²) < 4.78 is 0. The first-order chi connectivity index (χ1) is 8.58. The van der Waals surface area contributed by atoms with Gasteiger partial charge in [0.25, 0.3) is 5.91 Å². The Bertz CT molecular complexity index is 487. The summed E-state index contributed by atoms with van der Waals surface area (Å²) in [5.74, 6) is -1.12. The highest BCUT2D eigenvalue weighted by Gasteiger charge is 2.38. The number of primary amides is 1. The van der Waals surface area contributed by atoms with Crippen LogP contribution in [-0.4, -0.2) is 35.3 Å². The zero-order valence-corrected chi connectivity index (χ0v) is 9.63. The van der Waals surface area contributed by atoms with Gasteiger partial charge in [-0.25, -0.2) is 4.79 Å². The van der Waals surface area contributed by atoms with Crippen molar-refractivity contribution in [1.82, 2.24) is 10.2 Å². The number of hydrogen-bond acceptors (Lipinski definition) is 3. The maximum Gasteiger partial charge on any atom is 0.325 e. The first kappa shape index (κ1) is 12.1. The minimum atomic E-state index is -0.709. The molecule has 1 aromatic carbocycles. The molecule has 1 aromatic rings. The van der Waals surface area contributed by atoms with E-state index in [0.717, 1.165) is 10.5 Å². The van der Waals surface area contributed by atoms with Gasteiger partial charge in [-0.05, 0) is 5.56 Å². The van der Waals surface area contributed by atoms with E-state index in [1.165, 1.54) is 0 Å². The van der Waals surface area contributed by atoms with Gasteiger partial charge < -0.3 is 11.1 Å². The molecule has 0 bridgehead atoms. The Balaban J connectivity index is 2.06. The topological polar surface area (TPSA) is 92.5 Å². The van der Waals surface area contributed by atoms with Crippen LogP contribution >= 0.6 is 0 Å². The van der Waals surface area contributed by atoms with E-state index in [-0.39, 0.29) is 6.54 Å². The van der Waals surface area contributed by atoms with Gasteiger partial charge in [0.1, 0.15) is 12.6 Å². The van der Waals surface area contributed by atoms with Crippen LogP contribution in [0.15, 0.2) is 30.3 Å². The Morgan fingerprint density at radius 3 is 2.56 bits per heavy atom. The maximum atomic E-state index is 11.9. The van der Waals surface area contributed by atoms with Crippen LogP contribution in [0.1, 0.15) is 5.56 Å². The van der Waals surface area contributed by atoms with Crippen molar-refractivity contribution in [3.05, 3.63) is 35.9 Å². The molecule has 0 aliphatic carbocycles. The standard InChI is InChI=1S/C12H13N3O3/c13-10(16)7-15-11(17)9(14-12(15)18)6-8-4-2-1-3-5-8/h1-5,9H,6-7H2,(H2,13,16)(H,14,18). The van der Waals surface area contributed by atoms with Crippen molar-refractivity contribution in [2.75, 3.05) is 6.54 Å². The molecule has 6 heteroatoms. The van der Waals surface area contributed by atoms with Crippen LogP contribution in [0.3, 0.4) is 0 Å². The fourth-order valence-electron chi connectivity index (χ4n) is 1.87. The third kappa shape index (κ3) is 2.48. The van der Waals surface area contributed by atoms with E-state index in [2.05, 4.69) is 5.32 Å². The fourth-order valence-corrected chi connectivity index (χ4v) is 1.87. The van der Waals surface area contributed by atoms with E-state index in [1.54, 1.807) is 0 Å². The zero-order valence-electron chi connectivity index (χ0n) is 9.63. The zero-order chi connectivity index (χ0) is 13.1. The van der Waals surface area contributed by atoms with Crippen molar-refractivity contribution < 1.29 is 14.4 Å². The number of hydrogen-bond donors (Lipinski definition) is 2. The quantitative estimate of drug-likeness (QED) is 0.711. The molecule has 0 radical (unpaired) electrons. The largest absolute Gasteiger partial charge is 0.368 e. The lowest BCUT2D eigenvalue weighted by Gasteiger charge is -2.10. The first-order valence-corrected chi connectivity index (χ1v) is 5.52. The van der Waals surface area contributed by atoms with Crippen molar-refractivity contribution in [3.63, 3.8) is 0 Å². The van der Waals surface area contributed by atoms with Gasteiger partial charge in [-0.2, -0.15) is 0 Å². The van der Waals surface area contributed by atoms with Gasteiger partial charge in [-0.1, -0.05) is 30.3 Å². The molecule has 0 saturated carbocycles. The normalized spacial score (nSPS) is 18.9. The molecular formula is C12H13N3O3. The molecule has 1 unspecified atom stereocenters. The number of carbonyl (C=O) groups excluding carboxylic acids is 3. The predicted octanol–water partition coefficient (Wildman–Crippen LogP) is -0.365. The van der Waals surface area contributed by atoms with Crippen LogP contribution in [0.4, 0.5) is 4.79 Å². The van der Waals surface area contributed by atoms with Gasteiger partial charge in [0.15, 0.2) is 0 Å². The summed E-state index contributed by atoms with van der Waals surface area (Å²) >= 11 is 0. The van der Waals surface area contributed by atoms with Crippen molar-refractivity contribution in [2.24, 2.45) is 5.73 Å². The third-order valence-electron chi connectivity index (χ3n) is 2.70. The Labute approximate surface area is 104 Å². The molecule has 1 aliphatic heterocycles. The molecule has 4 amide bonds. The summed E-state index contributed by atoms with van der Waals surface area (Å²) in [5, 5.41) is 2.54. The van der Waals surface area contributed by atoms with Crippen molar-refractivity contribution in [1.29, 1.82) is 0 Å². The highest BCUT2D eigenvalue weighted by atomic mass is 16.2. The lowest BCUT2D eigenvalue weighted by molar-refractivity contribution is -0.131. The second-order valence-electron chi connectivity index (χ2n) is 4.08. The minimum absolute atomic E-state index is 0.379. The highest BCUT2D eigenvalue weighted by molar-refractivity contribution is 6.06. The molecule has 0 spiro atoms. The van der Waals surface area contributed by atoms with Gasteiger partial charge in [0.2, 0.25) is 5.91 Å². The summed E-state index contributed by atoms with van der Waals surface area (Å²) in [7, 11) is 0. The van der Waals surface area contributed by atoms with Crippen LogP contribution < -0.4 is 11.1 Å². The Morgan fingerprint density at radius 2 is 1.94 bits per heavy atom. The number of carbonyl (C=O) groups is 3. The van der Waals surface area contributed by atoms with Crippen LogP contribution in [0, 0.1) is 0 Å². The van der Waals surface area contributed by atoms with E-state index < -0.39 is 23.9 Å². The monoisotopic (exact) mass is 247 g/mol. The Hall–Kier alpha value is -2.37. The molecule has 1 saturated heterocycles. The van der Waals surface area contributed by atoms with E-state index in [9.17, 15) is 14.4 Å². The number of imide groups is 1. The van der Waals surface area contributed by atoms with Crippen molar-refractivity contribution in [2.45, 2.75) is 12.5 Å². The number of benzene rings is 1. The fraction of sp³-hybridized carbons (Fsp3) is 0.250. The molecule has 94 valence electrons. The molecule has 6 nitrogen and oxygen atoms in total. The van der Waals surface area contributed by atoms with Crippen LogP contribution in [0.5, 0.6) is 0 Å². The highest BCUT2D eigenvalue weighted by Crippen LogP contribution is 2.11. The molecule has 1 aliphatic rings. The third-order valence-corrected chi connectivity index (χ3v) is 2.70. The van der Waals surface area contributed by atoms with Gasteiger partial charge in [0, 0.05) is 6.42 Å². The lowest BCUT2D eigenvalue weighted by atomic mass is 10.1. The number of urea groups is 1. The average molecular weight is 247 g/mol. The Kier molecular flexibility index (Phi) is 3.27. The summed E-state index contributed by atoms with van der Waals surface area (Å²) in [5.41, 5.74) is 5.92. The van der Waals surface area contributed by atoms with Gasteiger partial charge in [0.05, 0.1) is 0 Å². The van der Waals surface area contributed by atoms with Crippen LogP contribution in [0.2, 0.25) is 0 Å². The second-order valence-corrected chi connectivity index (χ2v) is 4.08. The maximum absolute atomic E-state index is 11.9. The predicted molar refractivity (Wildman–Crippen MR) is 63.4 cm³/mol. The molecule has 1 heterocycles. The minimum Gasteiger partial charge on any atom is -0.368 e. The molecule has 1 atom stereocenters. The first-order valence-electron chi connectivity index (χ1n) is 5.52. The summed E-state index contributed by atoms with van der Waals surface area (Å²) in [6.45, 7) is -0.379. The van der Waals surface area contributed by atoms with Crippen LogP contribution in [-0.2, 0) is 16.0 Å². The summed E-state index contributed by atoms with van der Waals surface area (Å²) in [4.78, 5) is 35.0. The number of nitrogens with two attached hydrogens (primary N) is 1. The average Bonchev–Trinajstić information content (AvgIpc) is 2.58. The molecule has 0 aromatic heterocycles. The lowest BCUT2D eigenvalue weighted by Crippen LogP contribution is -2.39. The van der Waals surface area contributed by atoms with E-state index in [4.69, 9.17) is 5.73 Å². The molecule has 18 heavy (non-hydrogen) atoms. The number of nitrogens with one attached hydrogen (secondary N) is 1. The van der Waals surface area contributed by atoms with Crippen molar-refractivity contribution >= 4 is 17.8 Å². The van der Waals surface area contributed by atoms with E-state index in [0.29, 0.717) is 6.42 Å². The molecular weight excluding hydrogens is 234 g/mol. The second kappa shape index (κ2) is 4.87. The number of amides is 4. The molecule has 1 fully saturated rings. The van der Waals surface area contributed by atoms with Gasteiger partial charge in [-0.15, -0.1) is 0 Å². The summed E-state index contributed by atoms with van der Waals surface area (Å²) in [6, 6.07) is 8.14.